The van der Waals surface area contributed by atoms with Crippen molar-refractivity contribution < 1.29 is 34.2 Å². The van der Waals surface area contributed by atoms with E-state index in [9.17, 15) is 34.2 Å². The molecular formula is C26H39N7O7. The number of carboxylic acid groups (broad SMARTS) is 1. The predicted octanol–water partition coefficient (Wildman–Crippen LogP) is -1.65. The highest BCUT2D eigenvalue weighted by Crippen LogP contribution is 2.19. The van der Waals surface area contributed by atoms with Gasteiger partial charge < -0.3 is 48.3 Å². The van der Waals surface area contributed by atoms with Gasteiger partial charge in [0.2, 0.25) is 23.6 Å². The molecule has 5 atom stereocenters. The van der Waals surface area contributed by atoms with E-state index in [4.69, 9.17) is 17.2 Å². The Balaban J connectivity index is 2.11. The summed E-state index contributed by atoms with van der Waals surface area (Å²) in [7, 11) is 0. The molecule has 4 amide bonds. The number of primary amides is 1. The van der Waals surface area contributed by atoms with Crippen molar-refractivity contribution in [3.05, 3.63) is 36.0 Å². The number of hydrogen-bond acceptors (Lipinski definition) is 8. The number of carbonyl (C=O) groups is 5. The van der Waals surface area contributed by atoms with Gasteiger partial charge in [0.05, 0.1) is 12.1 Å². The number of para-hydroxylation sites is 1. The van der Waals surface area contributed by atoms with Crippen LogP contribution in [0.2, 0.25) is 0 Å². The van der Waals surface area contributed by atoms with Gasteiger partial charge in [0.15, 0.2) is 0 Å². The second-order valence-corrected chi connectivity index (χ2v) is 9.65. The zero-order valence-corrected chi connectivity index (χ0v) is 22.4. The molecule has 0 aliphatic carbocycles. The van der Waals surface area contributed by atoms with Crippen LogP contribution in [-0.2, 0) is 30.4 Å². The van der Waals surface area contributed by atoms with Crippen LogP contribution >= 0.6 is 0 Å². The van der Waals surface area contributed by atoms with Crippen molar-refractivity contribution in [1.82, 2.24) is 20.9 Å². The summed E-state index contributed by atoms with van der Waals surface area (Å²) in [5.74, 6) is -4.50. The SMILES string of the molecule is CC(O)C(NC(=O)C(CCC(N)=O)NC(=O)C(N)Cc1c[nH]c2ccccc12)C(=O)NC(CCCCN)C(=O)O. The van der Waals surface area contributed by atoms with Crippen molar-refractivity contribution in [3.8, 4) is 0 Å². The summed E-state index contributed by atoms with van der Waals surface area (Å²) in [6, 6.07) is 2.30. The minimum absolute atomic E-state index is 0.102. The Morgan fingerprint density at radius 1 is 0.950 bits per heavy atom. The molecular weight excluding hydrogens is 522 g/mol. The maximum Gasteiger partial charge on any atom is 0.326 e. The maximum absolute atomic E-state index is 13.1. The van der Waals surface area contributed by atoms with Crippen LogP contribution in [0, 0.1) is 0 Å². The smallest absolute Gasteiger partial charge is 0.326 e. The Hall–Kier alpha value is -4.01. The number of amides is 4. The van der Waals surface area contributed by atoms with Crippen LogP contribution in [-0.4, -0.2) is 81.6 Å². The number of unbranched alkanes of at least 4 members (excludes halogenated alkanes) is 1. The molecule has 1 aromatic carbocycles. The lowest BCUT2D eigenvalue weighted by atomic mass is 10.0. The van der Waals surface area contributed by atoms with Gasteiger partial charge in [-0.2, -0.15) is 0 Å². The lowest BCUT2D eigenvalue weighted by molar-refractivity contribution is -0.143. The molecule has 0 saturated carbocycles. The van der Waals surface area contributed by atoms with Crippen LogP contribution in [0.25, 0.3) is 10.9 Å². The van der Waals surface area contributed by atoms with Crippen molar-refractivity contribution in [1.29, 1.82) is 0 Å². The standard InChI is InChI=1S/C26H39N7O7/c1-14(34)22(25(38)32-20(26(39)40)8-4-5-11-27)33-24(37)19(9-10-21(29)35)31-23(36)17(28)12-15-13-30-18-7-3-2-6-16(15)18/h2-3,6-7,13-14,17,19-20,22,30,34H,4-5,8-12,27-28H2,1H3,(H2,29,35)(H,31,36)(H,32,38)(H,33,37)(H,39,40). The monoisotopic (exact) mass is 561 g/mol. The van der Waals surface area contributed by atoms with Gasteiger partial charge in [-0.3, -0.25) is 19.2 Å². The first-order valence-corrected chi connectivity index (χ1v) is 13.1. The second-order valence-electron chi connectivity index (χ2n) is 9.65. The third-order valence-electron chi connectivity index (χ3n) is 6.39. The fourth-order valence-electron chi connectivity index (χ4n) is 4.14. The molecule has 2 aromatic rings. The Morgan fingerprint density at radius 3 is 2.25 bits per heavy atom. The number of aliphatic hydroxyl groups excluding tert-OH is 1. The normalized spacial score (nSPS) is 14.9. The number of H-pyrrole nitrogens is 1. The van der Waals surface area contributed by atoms with Gasteiger partial charge in [-0.15, -0.1) is 0 Å². The number of aliphatic carboxylic acids is 1. The van der Waals surface area contributed by atoms with E-state index in [1.54, 1.807) is 6.20 Å². The van der Waals surface area contributed by atoms with Gasteiger partial charge in [0, 0.05) is 23.5 Å². The van der Waals surface area contributed by atoms with Crippen molar-refractivity contribution in [2.45, 2.75) is 75.7 Å². The van der Waals surface area contributed by atoms with Crippen molar-refractivity contribution >= 4 is 40.5 Å². The third kappa shape index (κ3) is 9.63. The van der Waals surface area contributed by atoms with Crippen molar-refractivity contribution in [3.63, 3.8) is 0 Å². The molecule has 0 aliphatic heterocycles. The van der Waals surface area contributed by atoms with Gasteiger partial charge in [-0.1, -0.05) is 18.2 Å². The van der Waals surface area contributed by atoms with Gasteiger partial charge in [0.25, 0.3) is 0 Å². The molecule has 0 spiro atoms. The Labute approximate surface area is 231 Å². The highest BCUT2D eigenvalue weighted by molar-refractivity contribution is 5.95. The summed E-state index contributed by atoms with van der Waals surface area (Å²) >= 11 is 0. The Bertz CT molecular complexity index is 1180. The zero-order valence-electron chi connectivity index (χ0n) is 22.4. The first kappa shape index (κ1) is 32.2. The van der Waals surface area contributed by atoms with Crippen LogP contribution in [0.15, 0.2) is 30.5 Å². The summed E-state index contributed by atoms with van der Waals surface area (Å²) in [6.45, 7) is 1.60. The summed E-state index contributed by atoms with van der Waals surface area (Å²) in [4.78, 5) is 64.9. The molecule has 2 rings (SSSR count). The molecule has 14 heteroatoms. The second kappa shape index (κ2) is 15.5. The number of nitrogens with two attached hydrogens (primary N) is 3. The maximum atomic E-state index is 13.1. The molecule has 12 N–H and O–H groups in total. The number of fused-ring (bicyclic) bond motifs is 1. The van der Waals surface area contributed by atoms with Crippen molar-refractivity contribution in [2.24, 2.45) is 17.2 Å². The molecule has 0 aliphatic rings. The van der Waals surface area contributed by atoms with Gasteiger partial charge in [-0.05, 0) is 57.2 Å². The fourth-order valence-corrected chi connectivity index (χ4v) is 4.14. The number of benzene rings is 1. The number of aromatic nitrogens is 1. The van der Waals surface area contributed by atoms with Crippen molar-refractivity contribution in [2.75, 3.05) is 6.54 Å². The van der Waals surface area contributed by atoms with E-state index in [2.05, 4.69) is 20.9 Å². The number of rotatable bonds is 17. The van der Waals surface area contributed by atoms with E-state index in [1.165, 1.54) is 6.92 Å². The molecule has 0 saturated heterocycles. The summed E-state index contributed by atoms with van der Waals surface area (Å²) in [5, 5.41) is 27.6. The number of hydrogen-bond donors (Lipinski definition) is 9. The van der Waals surface area contributed by atoms with E-state index < -0.39 is 59.9 Å². The molecule has 1 heterocycles. The van der Waals surface area contributed by atoms with Crippen LogP contribution in [0.3, 0.4) is 0 Å². The van der Waals surface area contributed by atoms with Crippen LogP contribution in [0.4, 0.5) is 0 Å². The van der Waals surface area contributed by atoms with Crippen LogP contribution < -0.4 is 33.2 Å². The highest BCUT2D eigenvalue weighted by atomic mass is 16.4. The molecule has 5 unspecified atom stereocenters. The fraction of sp³-hybridized carbons (Fsp3) is 0.500. The number of nitrogens with one attached hydrogen (secondary N) is 4. The lowest BCUT2D eigenvalue weighted by Gasteiger charge is -2.26. The van der Waals surface area contributed by atoms with E-state index >= 15 is 0 Å². The van der Waals surface area contributed by atoms with E-state index in [0.29, 0.717) is 19.4 Å². The average Bonchev–Trinajstić information content (AvgIpc) is 3.30. The minimum Gasteiger partial charge on any atom is -0.480 e. The molecule has 220 valence electrons. The molecule has 14 nitrogen and oxygen atoms in total. The van der Waals surface area contributed by atoms with Gasteiger partial charge in [-0.25, -0.2) is 4.79 Å². The van der Waals surface area contributed by atoms with Gasteiger partial charge >= 0.3 is 5.97 Å². The number of carboxylic acids is 1. The molecule has 0 bridgehead atoms. The predicted molar refractivity (Wildman–Crippen MR) is 146 cm³/mol. The summed E-state index contributed by atoms with van der Waals surface area (Å²) < 4.78 is 0. The summed E-state index contributed by atoms with van der Waals surface area (Å²) in [5.41, 5.74) is 18.4. The number of carbonyl (C=O) groups excluding carboxylic acids is 4. The van der Waals surface area contributed by atoms with E-state index in [0.717, 1.165) is 16.5 Å². The molecule has 1 aromatic heterocycles. The third-order valence-corrected chi connectivity index (χ3v) is 6.39. The molecule has 0 fully saturated rings. The van der Waals surface area contributed by atoms with Gasteiger partial charge in [0.1, 0.15) is 18.1 Å². The van der Waals surface area contributed by atoms with Crippen LogP contribution in [0.1, 0.15) is 44.6 Å². The molecule has 0 radical (unpaired) electrons. The Kier molecular flexibility index (Phi) is 12.5. The minimum atomic E-state index is -1.54. The van der Waals surface area contributed by atoms with E-state index in [1.807, 2.05) is 24.3 Å². The largest absolute Gasteiger partial charge is 0.480 e. The quantitative estimate of drug-likeness (QED) is 0.100. The average molecular weight is 562 g/mol. The lowest BCUT2D eigenvalue weighted by Crippen LogP contribution is -2.60. The molecule has 40 heavy (non-hydrogen) atoms. The first-order chi connectivity index (χ1) is 18.9. The summed E-state index contributed by atoms with van der Waals surface area (Å²) in [6.07, 6.45) is 1.12. The topological polar surface area (TPSA) is 256 Å². The van der Waals surface area contributed by atoms with Crippen LogP contribution in [0.5, 0.6) is 0 Å². The van der Waals surface area contributed by atoms with E-state index in [-0.39, 0.29) is 25.7 Å². The zero-order chi connectivity index (χ0) is 29.8. The number of aliphatic hydroxyl groups is 1. The first-order valence-electron chi connectivity index (χ1n) is 13.1. The Morgan fingerprint density at radius 2 is 1.62 bits per heavy atom. The highest BCUT2D eigenvalue weighted by Gasteiger charge is 2.33. The number of aromatic amines is 1.